The Balaban J connectivity index is 2.31. The Bertz CT molecular complexity index is 855. The van der Waals surface area contributed by atoms with Crippen LogP contribution in [-0.2, 0) is 0 Å². The average molecular weight is 372 g/mol. The lowest BCUT2D eigenvalue weighted by atomic mass is 10.1. The molecule has 0 saturated carbocycles. The molecule has 0 radical (unpaired) electrons. The van der Waals surface area contributed by atoms with Crippen LogP contribution in [0.5, 0.6) is 11.5 Å². The van der Waals surface area contributed by atoms with Crippen molar-refractivity contribution >= 4 is 30.5 Å². The molecule has 0 bridgehead atoms. The number of carboxylic acids is 1. The maximum Gasteiger partial charge on any atom is 0.335 e. The Hall–Kier alpha value is -2.73. The molecule has 0 aliphatic rings. The first-order chi connectivity index (χ1) is 12.3. The SMILES string of the molecule is COc1ccc(C(=O)/C=C/c2ccc(C(=O)O)cc2OC(C)C)c(S)c1. The first-order valence-electron chi connectivity index (χ1n) is 7.95. The highest BCUT2D eigenvalue weighted by Crippen LogP contribution is 2.25. The topological polar surface area (TPSA) is 72.8 Å². The minimum atomic E-state index is -1.04. The van der Waals surface area contributed by atoms with Gasteiger partial charge in [-0.15, -0.1) is 12.6 Å². The Morgan fingerprint density at radius 1 is 1.15 bits per heavy atom. The number of ketones is 1. The minimum Gasteiger partial charge on any atom is -0.497 e. The van der Waals surface area contributed by atoms with E-state index in [2.05, 4.69) is 12.6 Å². The molecule has 0 heterocycles. The smallest absolute Gasteiger partial charge is 0.335 e. The highest BCUT2D eigenvalue weighted by atomic mass is 32.1. The van der Waals surface area contributed by atoms with Crippen LogP contribution in [0.25, 0.3) is 6.08 Å². The van der Waals surface area contributed by atoms with Crippen molar-refractivity contribution in [2.45, 2.75) is 24.8 Å². The molecule has 0 aliphatic heterocycles. The fraction of sp³-hybridized carbons (Fsp3) is 0.200. The van der Waals surface area contributed by atoms with Gasteiger partial charge in [-0.25, -0.2) is 4.79 Å². The van der Waals surface area contributed by atoms with E-state index in [-0.39, 0.29) is 17.5 Å². The molecular formula is C20H20O5S. The molecule has 0 fully saturated rings. The molecule has 136 valence electrons. The number of benzene rings is 2. The van der Waals surface area contributed by atoms with Gasteiger partial charge >= 0.3 is 5.97 Å². The first-order valence-corrected chi connectivity index (χ1v) is 8.40. The van der Waals surface area contributed by atoms with E-state index in [9.17, 15) is 9.59 Å². The number of carboxylic acid groups (broad SMARTS) is 1. The van der Waals surface area contributed by atoms with Crippen molar-refractivity contribution in [3.8, 4) is 11.5 Å². The van der Waals surface area contributed by atoms with Gasteiger partial charge in [-0.2, -0.15) is 0 Å². The van der Waals surface area contributed by atoms with Gasteiger partial charge in [0, 0.05) is 16.0 Å². The summed E-state index contributed by atoms with van der Waals surface area (Å²) in [5, 5.41) is 9.13. The summed E-state index contributed by atoms with van der Waals surface area (Å²) < 4.78 is 10.8. The number of aromatic carboxylic acids is 1. The van der Waals surface area contributed by atoms with Crippen LogP contribution in [-0.4, -0.2) is 30.1 Å². The predicted octanol–water partition coefficient (Wildman–Crippen LogP) is 4.37. The molecular weight excluding hydrogens is 352 g/mol. The van der Waals surface area contributed by atoms with Crippen LogP contribution in [0.1, 0.15) is 40.1 Å². The van der Waals surface area contributed by atoms with Gasteiger partial charge < -0.3 is 14.6 Å². The third-order valence-corrected chi connectivity index (χ3v) is 3.88. The van der Waals surface area contributed by atoms with Gasteiger partial charge in [0.15, 0.2) is 5.78 Å². The van der Waals surface area contributed by atoms with Crippen LogP contribution in [0.4, 0.5) is 0 Å². The third kappa shape index (κ3) is 4.89. The van der Waals surface area contributed by atoms with Crippen LogP contribution in [0.15, 0.2) is 47.4 Å². The fourth-order valence-corrected chi connectivity index (χ4v) is 2.58. The van der Waals surface area contributed by atoms with Gasteiger partial charge in [-0.1, -0.05) is 6.07 Å². The quantitative estimate of drug-likeness (QED) is 0.429. The lowest BCUT2D eigenvalue weighted by molar-refractivity contribution is 0.0696. The predicted molar refractivity (Wildman–Crippen MR) is 103 cm³/mol. The summed E-state index contributed by atoms with van der Waals surface area (Å²) in [6, 6.07) is 9.53. The molecule has 0 aromatic heterocycles. The number of hydrogen-bond acceptors (Lipinski definition) is 5. The highest BCUT2D eigenvalue weighted by Gasteiger charge is 2.11. The summed E-state index contributed by atoms with van der Waals surface area (Å²) >= 11 is 4.32. The van der Waals surface area contributed by atoms with E-state index in [0.29, 0.717) is 27.5 Å². The standard InChI is InChI=1S/C20H20O5S/c1-12(2)25-18-10-14(20(22)23)5-4-13(18)6-9-17(21)16-8-7-15(24-3)11-19(16)26/h4-12,26H,1-3H3,(H,22,23)/b9-6+. The van der Waals surface area contributed by atoms with Crippen LogP contribution in [0.3, 0.4) is 0 Å². The lowest BCUT2D eigenvalue weighted by Crippen LogP contribution is -2.08. The van der Waals surface area contributed by atoms with Crippen LogP contribution in [0.2, 0.25) is 0 Å². The van der Waals surface area contributed by atoms with Crippen molar-refractivity contribution in [3.05, 3.63) is 59.2 Å². The summed E-state index contributed by atoms with van der Waals surface area (Å²) in [5.74, 6) is -0.240. The largest absolute Gasteiger partial charge is 0.497 e. The Morgan fingerprint density at radius 2 is 1.88 bits per heavy atom. The Labute approximate surface area is 157 Å². The van der Waals surface area contributed by atoms with Gasteiger partial charge in [0.2, 0.25) is 0 Å². The number of methoxy groups -OCH3 is 1. The maximum atomic E-state index is 12.4. The van der Waals surface area contributed by atoms with E-state index in [4.69, 9.17) is 14.6 Å². The number of ether oxygens (including phenoxy) is 2. The van der Waals surface area contributed by atoms with Gasteiger partial charge in [-0.05, 0) is 56.3 Å². The molecule has 0 aliphatic carbocycles. The minimum absolute atomic E-state index is 0.122. The summed E-state index contributed by atoms with van der Waals surface area (Å²) in [4.78, 5) is 24.1. The highest BCUT2D eigenvalue weighted by molar-refractivity contribution is 7.80. The van der Waals surface area contributed by atoms with Crippen molar-refractivity contribution in [3.63, 3.8) is 0 Å². The molecule has 1 N–H and O–H groups in total. The van der Waals surface area contributed by atoms with Crippen LogP contribution >= 0.6 is 12.6 Å². The van der Waals surface area contributed by atoms with E-state index >= 15 is 0 Å². The molecule has 0 spiro atoms. The van der Waals surface area contributed by atoms with Gasteiger partial charge in [0.25, 0.3) is 0 Å². The molecule has 2 aromatic carbocycles. The summed E-state index contributed by atoms with van der Waals surface area (Å²) in [6.45, 7) is 3.69. The molecule has 0 unspecified atom stereocenters. The number of thiol groups is 1. The second kappa shape index (κ2) is 8.58. The summed E-state index contributed by atoms with van der Waals surface area (Å²) in [6.07, 6.45) is 2.88. The van der Waals surface area contributed by atoms with Crippen molar-refractivity contribution in [2.24, 2.45) is 0 Å². The number of rotatable bonds is 7. The average Bonchev–Trinajstić information content (AvgIpc) is 2.59. The fourth-order valence-electron chi connectivity index (χ4n) is 2.26. The van der Waals surface area contributed by atoms with Gasteiger partial charge in [0.05, 0.1) is 18.8 Å². The summed E-state index contributed by atoms with van der Waals surface area (Å²) in [5.41, 5.74) is 1.18. The number of hydrogen-bond donors (Lipinski definition) is 2. The molecule has 26 heavy (non-hydrogen) atoms. The molecule has 0 atom stereocenters. The van der Waals surface area contributed by atoms with Crippen LogP contribution in [0, 0.1) is 0 Å². The normalized spacial score (nSPS) is 11.0. The Kier molecular flexibility index (Phi) is 6.46. The zero-order valence-corrected chi connectivity index (χ0v) is 15.6. The third-order valence-electron chi connectivity index (χ3n) is 3.51. The zero-order valence-electron chi connectivity index (χ0n) is 14.7. The zero-order chi connectivity index (χ0) is 19.3. The molecule has 2 rings (SSSR count). The molecule has 2 aromatic rings. The number of carbonyl (C=O) groups excluding carboxylic acids is 1. The van der Waals surface area contributed by atoms with Crippen molar-refractivity contribution < 1.29 is 24.2 Å². The van der Waals surface area contributed by atoms with Gasteiger partial charge in [-0.3, -0.25) is 4.79 Å². The number of allylic oxidation sites excluding steroid dienone is 1. The van der Waals surface area contributed by atoms with E-state index in [1.54, 1.807) is 37.5 Å². The van der Waals surface area contributed by atoms with Gasteiger partial charge in [0.1, 0.15) is 11.5 Å². The Morgan fingerprint density at radius 3 is 2.46 bits per heavy atom. The van der Waals surface area contributed by atoms with E-state index < -0.39 is 5.97 Å². The summed E-state index contributed by atoms with van der Waals surface area (Å²) in [7, 11) is 1.54. The first kappa shape index (κ1) is 19.6. The monoisotopic (exact) mass is 372 g/mol. The van der Waals surface area contributed by atoms with Crippen molar-refractivity contribution in [1.29, 1.82) is 0 Å². The lowest BCUT2D eigenvalue weighted by Gasteiger charge is -2.13. The van der Waals surface area contributed by atoms with Crippen LogP contribution < -0.4 is 9.47 Å². The molecule has 5 nitrogen and oxygen atoms in total. The van der Waals surface area contributed by atoms with Crippen molar-refractivity contribution in [1.82, 2.24) is 0 Å². The maximum absolute atomic E-state index is 12.4. The number of carbonyl (C=O) groups is 2. The van der Waals surface area contributed by atoms with Crippen molar-refractivity contribution in [2.75, 3.05) is 7.11 Å². The second-order valence-electron chi connectivity index (χ2n) is 5.81. The molecule has 0 amide bonds. The molecule has 6 heteroatoms. The van der Waals surface area contributed by atoms with E-state index in [1.165, 1.54) is 18.2 Å². The van der Waals surface area contributed by atoms with E-state index in [0.717, 1.165) is 0 Å². The second-order valence-corrected chi connectivity index (χ2v) is 6.29. The molecule has 0 saturated heterocycles. The van der Waals surface area contributed by atoms with E-state index in [1.807, 2.05) is 13.8 Å².